The molecule has 1 aliphatic rings. The van der Waals surface area contributed by atoms with Crippen LogP contribution in [0.5, 0.6) is 5.75 Å². The second-order valence-corrected chi connectivity index (χ2v) is 7.21. The van der Waals surface area contributed by atoms with Crippen molar-refractivity contribution in [3.63, 3.8) is 0 Å². The molecule has 2 aromatic carbocycles. The number of hydrogen-bond donors (Lipinski definition) is 2. The van der Waals surface area contributed by atoms with E-state index in [2.05, 4.69) is 22.8 Å². The number of benzene rings is 2. The van der Waals surface area contributed by atoms with E-state index < -0.39 is 0 Å². The molecule has 0 aromatic heterocycles. The minimum Gasteiger partial charge on any atom is -0.489 e. The van der Waals surface area contributed by atoms with Crippen molar-refractivity contribution in [3.05, 3.63) is 71.3 Å². The van der Waals surface area contributed by atoms with Crippen LogP contribution < -0.4 is 15.4 Å². The number of allylic oxidation sites excluding steroid dienone is 1. The second-order valence-electron chi connectivity index (χ2n) is 7.21. The van der Waals surface area contributed by atoms with Crippen LogP contribution in [0.25, 0.3) is 0 Å². The standard InChI is InChI=1S/C24H27N3O2/c25-15-13-20-9-11-23(12-10-20)29-18-21-7-4-8-22(17-21)27-24(28)26-16-14-19-5-2-1-3-6-19/h4-5,7-12,17H,1-3,6,13-14,16,18H2,(H2,26,27,28). The lowest BCUT2D eigenvalue weighted by Crippen LogP contribution is -2.29. The third kappa shape index (κ3) is 7.00. The van der Waals surface area contributed by atoms with E-state index in [0.717, 1.165) is 35.4 Å². The Morgan fingerprint density at radius 3 is 2.72 bits per heavy atom. The number of anilines is 1. The van der Waals surface area contributed by atoms with Crippen molar-refractivity contribution in [2.45, 2.75) is 45.1 Å². The molecule has 29 heavy (non-hydrogen) atoms. The molecule has 150 valence electrons. The topological polar surface area (TPSA) is 74.1 Å². The Balaban J connectivity index is 1.44. The van der Waals surface area contributed by atoms with Crippen molar-refractivity contribution >= 4 is 11.7 Å². The number of nitrogens with one attached hydrogen (secondary N) is 2. The third-order valence-electron chi connectivity index (χ3n) is 4.91. The summed E-state index contributed by atoms with van der Waals surface area (Å²) in [5.41, 5.74) is 4.13. The van der Waals surface area contributed by atoms with Gasteiger partial charge in [0.25, 0.3) is 0 Å². The SMILES string of the molecule is N#CCc1ccc(OCc2cccc(NC(=O)NCCC3=CCCCC3)c2)cc1. The molecule has 2 aromatic rings. The molecule has 1 aliphatic carbocycles. The summed E-state index contributed by atoms with van der Waals surface area (Å²) in [6.07, 6.45) is 8.50. The summed E-state index contributed by atoms with van der Waals surface area (Å²) in [5, 5.41) is 14.5. The van der Waals surface area contributed by atoms with Gasteiger partial charge in [-0.2, -0.15) is 5.26 Å². The minimum absolute atomic E-state index is 0.187. The molecule has 0 radical (unpaired) electrons. The fourth-order valence-corrected chi connectivity index (χ4v) is 3.34. The zero-order chi connectivity index (χ0) is 20.3. The lowest BCUT2D eigenvalue weighted by atomic mass is 9.97. The van der Waals surface area contributed by atoms with Crippen LogP contribution >= 0.6 is 0 Å². The van der Waals surface area contributed by atoms with Gasteiger partial charge < -0.3 is 15.4 Å². The largest absolute Gasteiger partial charge is 0.489 e. The first-order chi connectivity index (χ1) is 14.2. The summed E-state index contributed by atoms with van der Waals surface area (Å²) in [6.45, 7) is 1.06. The lowest BCUT2D eigenvalue weighted by Gasteiger charge is -2.13. The number of nitriles is 1. The molecule has 0 spiro atoms. The number of nitrogens with zero attached hydrogens (tertiary/aromatic N) is 1. The number of ether oxygens (including phenoxy) is 1. The van der Waals surface area contributed by atoms with Crippen LogP contribution in [-0.4, -0.2) is 12.6 Å². The van der Waals surface area contributed by atoms with Gasteiger partial charge in [-0.15, -0.1) is 0 Å². The van der Waals surface area contributed by atoms with Gasteiger partial charge in [-0.3, -0.25) is 0 Å². The van der Waals surface area contributed by atoms with Crippen molar-refractivity contribution in [1.29, 1.82) is 5.26 Å². The third-order valence-corrected chi connectivity index (χ3v) is 4.91. The van der Waals surface area contributed by atoms with Gasteiger partial charge in [-0.1, -0.05) is 35.9 Å². The van der Waals surface area contributed by atoms with E-state index in [1.807, 2.05) is 48.5 Å². The van der Waals surface area contributed by atoms with Crippen LogP contribution in [-0.2, 0) is 13.0 Å². The van der Waals surface area contributed by atoms with Crippen molar-refractivity contribution in [2.75, 3.05) is 11.9 Å². The molecule has 0 saturated carbocycles. The number of hydrogen-bond acceptors (Lipinski definition) is 3. The first-order valence-electron chi connectivity index (χ1n) is 10.1. The molecule has 0 fully saturated rings. The summed E-state index contributed by atoms with van der Waals surface area (Å²) in [7, 11) is 0. The van der Waals surface area contributed by atoms with Gasteiger partial charge in [0.2, 0.25) is 0 Å². The molecule has 0 aliphatic heterocycles. The molecular weight excluding hydrogens is 362 g/mol. The lowest BCUT2D eigenvalue weighted by molar-refractivity contribution is 0.252. The van der Waals surface area contributed by atoms with E-state index >= 15 is 0 Å². The highest BCUT2D eigenvalue weighted by molar-refractivity contribution is 5.89. The van der Waals surface area contributed by atoms with Crippen molar-refractivity contribution in [1.82, 2.24) is 5.32 Å². The molecule has 0 heterocycles. The highest BCUT2D eigenvalue weighted by atomic mass is 16.5. The maximum Gasteiger partial charge on any atom is 0.319 e. The summed E-state index contributed by atoms with van der Waals surface area (Å²) in [4.78, 5) is 12.1. The number of carbonyl (C=O) groups is 1. The molecule has 0 saturated heterocycles. The van der Waals surface area contributed by atoms with Gasteiger partial charge in [0.15, 0.2) is 0 Å². The number of rotatable bonds is 8. The van der Waals surface area contributed by atoms with E-state index in [9.17, 15) is 4.79 Å². The van der Waals surface area contributed by atoms with E-state index in [0.29, 0.717) is 19.6 Å². The predicted molar refractivity (Wildman–Crippen MR) is 115 cm³/mol. The van der Waals surface area contributed by atoms with E-state index in [1.54, 1.807) is 0 Å². The van der Waals surface area contributed by atoms with Crippen LogP contribution in [0, 0.1) is 11.3 Å². The fraction of sp³-hybridized carbons (Fsp3) is 0.333. The summed E-state index contributed by atoms with van der Waals surface area (Å²) >= 11 is 0. The first-order valence-corrected chi connectivity index (χ1v) is 10.1. The van der Waals surface area contributed by atoms with Crippen LogP contribution in [0.15, 0.2) is 60.2 Å². The second kappa shape index (κ2) is 10.9. The maximum atomic E-state index is 12.1. The molecule has 0 unspecified atom stereocenters. The van der Waals surface area contributed by atoms with Crippen LogP contribution in [0.2, 0.25) is 0 Å². The summed E-state index contributed by atoms with van der Waals surface area (Å²) < 4.78 is 5.80. The van der Waals surface area contributed by atoms with E-state index in [1.165, 1.54) is 24.8 Å². The molecule has 0 bridgehead atoms. The van der Waals surface area contributed by atoms with Crippen molar-refractivity contribution in [2.24, 2.45) is 0 Å². The molecule has 5 heteroatoms. The van der Waals surface area contributed by atoms with Gasteiger partial charge in [0, 0.05) is 12.2 Å². The van der Waals surface area contributed by atoms with Gasteiger partial charge >= 0.3 is 6.03 Å². The molecule has 5 nitrogen and oxygen atoms in total. The average molecular weight is 389 g/mol. The number of amides is 2. The van der Waals surface area contributed by atoms with Gasteiger partial charge in [-0.25, -0.2) is 4.79 Å². The Morgan fingerprint density at radius 2 is 1.97 bits per heavy atom. The van der Waals surface area contributed by atoms with Crippen LogP contribution in [0.4, 0.5) is 10.5 Å². The highest BCUT2D eigenvalue weighted by Gasteiger charge is 2.06. The zero-order valence-electron chi connectivity index (χ0n) is 16.6. The molecule has 3 rings (SSSR count). The number of urea groups is 1. The molecule has 2 amide bonds. The van der Waals surface area contributed by atoms with E-state index in [4.69, 9.17) is 10.00 Å². The monoisotopic (exact) mass is 389 g/mol. The number of carbonyl (C=O) groups excluding carboxylic acids is 1. The Morgan fingerprint density at radius 1 is 1.10 bits per heavy atom. The highest BCUT2D eigenvalue weighted by Crippen LogP contribution is 2.19. The van der Waals surface area contributed by atoms with Gasteiger partial charge in [-0.05, 0) is 67.5 Å². The zero-order valence-corrected chi connectivity index (χ0v) is 16.6. The normalized spacial score (nSPS) is 13.1. The quantitative estimate of drug-likeness (QED) is 0.598. The van der Waals surface area contributed by atoms with Crippen molar-refractivity contribution < 1.29 is 9.53 Å². The Hall–Kier alpha value is -3.26. The molecular formula is C24H27N3O2. The van der Waals surface area contributed by atoms with Crippen molar-refractivity contribution in [3.8, 4) is 11.8 Å². The minimum atomic E-state index is -0.187. The van der Waals surface area contributed by atoms with Crippen LogP contribution in [0.3, 0.4) is 0 Å². The Bertz CT molecular complexity index is 882. The van der Waals surface area contributed by atoms with Crippen LogP contribution in [0.1, 0.15) is 43.2 Å². The van der Waals surface area contributed by atoms with Gasteiger partial charge in [0.05, 0.1) is 12.5 Å². The summed E-state index contributed by atoms with van der Waals surface area (Å²) in [6, 6.07) is 17.1. The average Bonchev–Trinajstić information content (AvgIpc) is 2.74. The Kier molecular flexibility index (Phi) is 7.71. The predicted octanol–water partition coefficient (Wildman–Crippen LogP) is 5.34. The summed E-state index contributed by atoms with van der Waals surface area (Å²) in [5.74, 6) is 0.750. The maximum absolute atomic E-state index is 12.1. The molecule has 0 atom stereocenters. The fourth-order valence-electron chi connectivity index (χ4n) is 3.34. The van der Waals surface area contributed by atoms with E-state index in [-0.39, 0.29) is 6.03 Å². The molecule has 2 N–H and O–H groups in total. The smallest absolute Gasteiger partial charge is 0.319 e. The van der Waals surface area contributed by atoms with Gasteiger partial charge in [0.1, 0.15) is 12.4 Å². The Labute approximate surface area is 172 Å². The first kappa shape index (κ1) is 20.5.